The number of carbonyl (C=O) groups excluding carboxylic acids is 2. The number of amides is 1. The minimum atomic E-state index is -3.83. The number of carbonyl (C=O) groups is 2. The van der Waals surface area contributed by atoms with E-state index >= 15 is 0 Å². The first-order chi connectivity index (χ1) is 16.8. The molecule has 7 nitrogen and oxygen atoms in total. The highest BCUT2D eigenvalue weighted by molar-refractivity contribution is 7.89. The minimum Gasteiger partial charge on any atom is -0.462 e. The van der Waals surface area contributed by atoms with Crippen molar-refractivity contribution in [2.45, 2.75) is 31.1 Å². The summed E-state index contributed by atoms with van der Waals surface area (Å²) < 4.78 is 33.0. The summed E-state index contributed by atoms with van der Waals surface area (Å²) in [6.45, 7) is 2.75. The lowest BCUT2D eigenvalue weighted by Crippen LogP contribution is -2.35. The maximum Gasteiger partial charge on any atom is 0.341 e. The Balaban J connectivity index is 1.66. The minimum absolute atomic E-state index is 0.0572. The maximum atomic E-state index is 13.2. The highest BCUT2D eigenvalue weighted by Crippen LogP contribution is 2.37. The molecule has 35 heavy (non-hydrogen) atoms. The lowest BCUT2D eigenvalue weighted by atomic mass is 10.0. The van der Waals surface area contributed by atoms with Gasteiger partial charge in [0.2, 0.25) is 10.0 Å². The van der Waals surface area contributed by atoms with Gasteiger partial charge in [-0.15, -0.1) is 11.3 Å². The van der Waals surface area contributed by atoms with Gasteiger partial charge in [-0.05, 0) is 43.5 Å². The molecule has 1 aromatic heterocycles. The van der Waals surface area contributed by atoms with E-state index in [1.54, 1.807) is 12.3 Å². The first-order valence-corrected chi connectivity index (χ1v) is 14.0. The fourth-order valence-electron chi connectivity index (χ4n) is 3.95. The van der Waals surface area contributed by atoms with Crippen LogP contribution in [0.2, 0.25) is 5.02 Å². The molecule has 0 saturated carbocycles. The van der Waals surface area contributed by atoms with Crippen molar-refractivity contribution in [3.63, 3.8) is 0 Å². The summed E-state index contributed by atoms with van der Waals surface area (Å²) >= 11 is 7.44. The fourth-order valence-corrected chi connectivity index (χ4v) is 6.92. The SMILES string of the molecule is CCOC(=O)c1c(-c2ccccc2)csc1NC(=O)c1ccc(Cl)c(S(=O)(=O)N2CCCCC2)c1. The molecule has 1 amide bonds. The smallest absolute Gasteiger partial charge is 0.341 e. The molecule has 0 aliphatic carbocycles. The molecule has 1 N–H and O–H groups in total. The van der Waals surface area contributed by atoms with Gasteiger partial charge >= 0.3 is 5.97 Å². The number of hydrogen-bond donors (Lipinski definition) is 1. The van der Waals surface area contributed by atoms with Crippen molar-refractivity contribution < 1.29 is 22.7 Å². The Morgan fingerprint density at radius 3 is 2.49 bits per heavy atom. The Morgan fingerprint density at radius 1 is 1.09 bits per heavy atom. The van der Waals surface area contributed by atoms with Crippen molar-refractivity contribution in [2.24, 2.45) is 0 Å². The topological polar surface area (TPSA) is 92.8 Å². The molecule has 1 saturated heterocycles. The molecule has 0 atom stereocenters. The van der Waals surface area contributed by atoms with Crippen LogP contribution >= 0.6 is 22.9 Å². The number of halogens is 1. The molecule has 1 fully saturated rings. The summed E-state index contributed by atoms with van der Waals surface area (Å²) in [5.41, 5.74) is 1.84. The first-order valence-electron chi connectivity index (χ1n) is 11.3. The van der Waals surface area contributed by atoms with Crippen molar-refractivity contribution in [1.82, 2.24) is 4.31 Å². The van der Waals surface area contributed by atoms with Gasteiger partial charge in [-0.2, -0.15) is 4.31 Å². The second-order valence-corrected chi connectivity index (χ2v) is 11.2. The average molecular weight is 533 g/mol. The van der Waals surface area contributed by atoms with Crippen molar-refractivity contribution in [2.75, 3.05) is 25.0 Å². The number of esters is 1. The molecule has 4 rings (SSSR count). The normalized spacial score (nSPS) is 14.5. The van der Waals surface area contributed by atoms with Gasteiger partial charge in [-0.1, -0.05) is 48.4 Å². The van der Waals surface area contributed by atoms with E-state index in [1.807, 2.05) is 30.3 Å². The molecule has 0 radical (unpaired) electrons. The van der Waals surface area contributed by atoms with E-state index in [0.717, 1.165) is 24.8 Å². The van der Waals surface area contributed by atoms with Crippen molar-refractivity contribution in [1.29, 1.82) is 0 Å². The zero-order valence-corrected chi connectivity index (χ0v) is 21.5. The van der Waals surface area contributed by atoms with Crippen LogP contribution in [0.4, 0.5) is 5.00 Å². The van der Waals surface area contributed by atoms with Crippen molar-refractivity contribution in [3.05, 3.63) is 70.1 Å². The average Bonchev–Trinajstić information content (AvgIpc) is 3.29. The van der Waals surface area contributed by atoms with E-state index in [9.17, 15) is 18.0 Å². The molecular weight excluding hydrogens is 508 g/mol. The third-order valence-corrected chi connectivity index (χ3v) is 8.98. The highest BCUT2D eigenvalue weighted by Gasteiger charge is 2.29. The van der Waals surface area contributed by atoms with Crippen LogP contribution in [0.3, 0.4) is 0 Å². The number of nitrogens with one attached hydrogen (secondary N) is 1. The Bertz CT molecular complexity index is 1330. The molecule has 1 aliphatic heterocycles. The van der Waals surface area contributed by atoms with Crippen LogP contribution in [0.15, 0.2) is 58.8 Å². The third kappa shape index (κ3) is 5.43. The summed E-state index contributed by atoms with van der Waals surface area (Å²) in [6, 6.07) is 13.5. The molecule has 2 heterocycles. The zero-order valence-electron chi connectivity index (χ0n) is 19.1. The van der Waals surface area contributed by atoms with E-state index < -0.39 is 21.9 Å². The summed E-state index contributed by atoms with van der Waals surface area (Å²) in [5.74, 6) is -1.10. The molecule has 0 bridgehead atoms. The van der Waals surface area contributed by atoms with E-state index in [4.69, 9.17) is 16.3 Å². The van der Waals surface area contributed by atoms with Crippen LogP contribution in [0, 0.1) is 0 Å². The maximum absolute atomic E-state index is 13.2. The second kappa shape index (κ2) is 10.9. The summed E-state index contributed by atoms with van der Waals surface area (Å²) in [4.78, 5) is 25.8. The van der Waals surface area contributed by atoms with Crippen molar-refractivity contribution >= 4 is 49.8 Å². The number of thiophene rings is 1. The predicted octanol–water partition coefficient (Wildman–Crippen LogP) is 5.67. The Hall–Kier alpha value is -2.72. The molecular formula is C25H25ClN2O5S2. The molecule has 10 heteroatoms. The Labute approximate surface area is 213 Å². The standard InChI is InChI=1S/C25H25ClN2O5S2/c1-2-33-25(30)22-19(17-9-5-3-6-10-17)16-34-24(22)27-23(29)18-11-12-20(26)21(15-18)35(31,32)28-13-7-4-8-14-28/h3,5-6,9-12,15-16H,2,4,7-8,13-14H2,1H3,(H,27,29). The number of hydrogen-bond acceptors (Lipinski definition) is 6. The van der Waals surface area contributed by atoms with Gasteiger partial charge in [0, 0.05) is 29.6 Å². The highest BCUT2D eigenvalue weighted by atomic mass is 35.5. The van der Waals surface area contributed by atoms with E-state index in [-0.39, 0.29) is 27.7 Å². The lowest BCUT2D eigenvalue weighted by molar-refractivity contribution is 0.0529. The van der Waals surface area contributed by atoms with Gasteiger partial charge in [0.25, 0.3) is 5.91 Å². The van der Waals surface area contributed by atoms with Gasteiger partial charge in [-0.3, -0.25) is 4.79 Å². The summed E-state index contributed by atoms with van der Waals surface area (Å²) in [7, 11) is -3.83. The summed E-state index contributed by atoms with van der Waals surface area (Å²) in [6.07, 6.45) is 2.56. The van der Waals surface area contributed by atoms with Crippen LogP contribution in [0.5, 0.6) is 0 Å². The molecule has 3 aromatic rings. The first kappa shape index (κ1) is 25.4. The van der Waals surface area contributed by atoms with E-state index in [2.05, 4.69) is 5.32 Å². The van der Waals surface area contributed by atoms with E-state index in [0.29, 0.717) is 23.7 Å². The quantitative estimate of drug-likeness (QED) is 0.396. The van der Waals surface area contributed by atoms with Gasteiger partial charge in [0.1, 0.15) is 15.5 Å². The summed E-state index contributed by atoms with van der Waals surface area (Å²) in [5, 5.41) is 4.92. The van der Waals surface area contributed by atoms with Gasteiger partial charge < -0.3 is 10.1 Å². The number of ether oxygens (including phenoxy) is 1. The number of anilines is 1. The monoisotopic (exact) mass is 532 g/mol. The van der Waals surface area contributed by atoms with Crippen LogP contribution in [-0.2, 0) is 14.8 Å². The van der Waals surface area contributed by atoms with Crippen LogP contribution in [0.1, 0.15) is 46.9 Å². The number of sulfonamides is 1. The van der Waals surface area contributed by atoms with E-state index in [1.165, 1.54) is 33.8 Å². The Kier molecular flexibility index (Phi) is 7.91. The van der Waals surface area contributed by atoms with Crippen molar-refractivity contribution in [3.8, 4) is 11.1 Å². The van der Waals surface area contributed by atoms with Crippen LogP contribution in [0.25, 0.3) is 11.1 Å². The third-order valence-electron chi connectivity index (χ3n) is 5.71. The largest absolute Gasteiger partial charge is 0.462 e. The number of rotatable bonds is 7. The number of piperidine rings is 1. The molecule has 2 aromatic carbocycles. The number of nitrogens with zero attached hydrogens (tertiary/aromatic N) is 1. The van der Waals surface area contributed by atoms with Gasteiger partial charge in [0.15, 0.2) is 0 Å². The zero-order chi connectivity index (χ0) is 25.0. The lowest BCUT2D eigenvalue weighted by Gasteiger charge is -2.26. The van der Waals surface area contributed by atoms with Gasteiger partial charge in [-0.25, -0.2) is 13.2 Å². The molecule has 184 valence electrons. The molecule has 0 unspecified atom stereocenters. The fraction of sp³-hybridized carbons (Fsp3) is 0.280. The molecule has 0 spiro atoms. The molecule has 1 aliphatic rings. The number of benzene rings is 2. The van der Waals surface area contributed by atoms with Crippen LogP contribution < -0.4 is 5.32 Å². The van der Waals surface area contributed by atoms with Gasteiger partial charge in [0.05, 0.1) is 11.6 Å². The second-order valence-electron chi connectivity index (χ2n) is 8.00. The predicted molar refractivity (Wildman–Crippen MR) is 138 cm³/mol. The Morgan fingerprint density at radius 2 is 1.80 bits per heavy atom. The van der Waals surface area contributed by atoms with Crippen LogP contribution in [-0.4, -0.2) is 44.3 Å².